The molecule has 4 heteroatoms. The second-order valence-electron chi connectivity index (χ2n) is 1.87. The van der Waals surface area contributed by atoms with Gasteiger partial charge in [0.1, 0.15) is 10.4 Å². The highest BCUT2D eigenvalue weighted by Gasteiger charge is 2.13. The van der Waals surface area contributed by atoms with Crippen LogP contribution in [0.15, 0.2) is 16.9 Å². The van der Waals surface area contributed by atoms with Gasteiger partial charge in [0, 0.05) is 24.0 Å². The van der Waals surface area contributed by atoms with Crippen molar-refractivity contribution in [2.75, 3.05) is 17.9 Å². The third-order valence-corrected chi connectivity index (χ3v) is 1.47. The Labute approximate surface area is 94.0 Å². The predicted octanol–water partition coefficient (Wildman–Crippen LogP) is 1.84. The van der Waals surface area contributed by atoms with Gasteiger partial charge in [-0.2, -0.15) is 0 Å². The maximum absolute atomic E-state index is 7.84. The summed E-state index contributed by atoms with van der Waals surface area (Å²) in [6.07, 6.45) is -7.62. The normalized spacial score (nSPS) is 45.9. The van der Waals surface area contributed by atoms with Crippen LogP contribution in [-0.2, 0) is 0 Å². The molecule has 12 heavy (non-hydrogen) atoms. The van der Waals surface area contributed by atoms with Crippen molar-refractivity contribution in [2.24, 2.45) is 0 Å². The molecule has 1 aromatic heterocycles. The van der Waals surface area contributed by atoms with Crippen molar-refractivity contribution in [1.29, 1.82) is 0 Å². The van der Waals surface area contributed by atoms with Crippen LogP contribution in [0.2, 0.25) is 0 Å². The molecular formula is C8H10BrN3. The van der Waals surface area contributed by atoms with Gasteiger partial charge < -0.3 is 4.90 Å². The monoisotopic (exact) mass is 237 g/mol. The molecule has 0 radical (unpaired) electrons. The molecule has 1 saturated heterocycles. The molecule has 0 amide bonds. The summed E-state index contributed by atoms with van der Waals surface area (Å²) in [5, 5.41) is 0. The zero-order valence-corrected chi connectivity index (χ0v) is 7.31. The van der Waals surface area contributed by atoms with Crippen LogP contribution in [0.4, 0.5) is 5.82 Å². The van der Waals surface area contributed by atoms with E-state index < -0.39 is 43.9 Å². The zero-order chi connectivity index (χ0) is 17.3. The van der Waals surface area contributed by atoms with E-state index in [-0.39, 0.29) is 9.50 Å². The van der Waals surface area contributed by atoms with E-state index in [0.717, 1.165) is 0 Å². The minimum atomic E-state index is -3.22. The Bertz CT molecular complexity index is 607. The first kappa shape index (κ1) is 2.44. The lowest BCUT2D eigenvalue weighted by molar-refractivity contribution is 0.921. The van der Waals surface area contributed by atoms with Gasteiger partial charge in [0.15, 0.2) is 0 Å². The summed E-state index contributed by atoms with van der Waals surface area (Å²) in [7, 11) is 0. The fraction of sp³-hybridized carbons (Fsp3) is 0.500. The molecule has 1 aliphatic heterocycles. The van der Waals surface area contributed by atoms with E-state index >= 15 is 0 Å². The van der Waals surface area contributed by atoms with Gasteiger partial charge in [-0.3, -0.25) is 4.98 Å². The first-order chi connectivity index (χ1) is 9.69. The van der Waals surface area contributed by atoms with Gasteiger partial charge in [-0.25, -0.2) is 4.98 Å². The number of nitrogens with zero attached hydrogens (tertiary/aromatic N) is 3. The molecule has 1 aliphatic rings. The Hall–Kier alpha value is -0.640. The minimum absolute atomic E-state index is 0.138. The third kappa shape index (κ3) is 1.58. The van der Waals surface area contributed by atoms with E-state index in [2.05, 4.69) is 25.9 Å². The molecule has 2 heterocycles. The molecule has 1 fully saturated rings. The SMILES string of the molecule is [2H]c1nc([2H])c(N2C([2H])([2H])C([2H])([2H])C([2H])([2H])C2([2H])[2H])nc1Br. The summed E-state index contributed by atoms with van der Waals surface area (Å²) in [4.78, 5) is 7.26. The molecule has 2 rings (SSSR count). The molecule has 0 N–H and O–H groups in total. The Morgan fingerprint density at radius 1 is 1.50 bits per heavy atom. The number of aromatic nitrogens is 2. The Morgan fingerprint density at radius 3 is 3.00 bits per heavy atom. The van der Waals surface area contributed by atoms with Crippen molar-refractivity contribution in [3.8, 4) is 0 Å². The van der Waals surface area contributed by atoms with Crippen LogP contribution in [0.3, 0.4) is 0 Å². The highest BCUT2D eigenvalue weighted by Crippen LogP contribution is 2.17. The quantitative estimate of drug-likeness (QED) is 0.747. The predicted molar refractivity (Wildman–Crippen MR) is 51.2 cm³/mol. The van der Waals surface area contributed by atoms with E-state index in [1.54, 1.807) is 0 Å². The van der Waals surface area contributed by atoms with E-state index in [1.807, 2.05) is 0 Å². The van der Waals surface area contributed by atoms with Gasteiger partial charge in [-0.15, -0.1) is 0 Å². The van der Waals surface area contributed by atoms with Crippen LogP contribution in [0.5, 0.6) is 0 Å². The van der Waals surface area contributed by atoms with Gasteiger partial charge in [-0.1, -0.05) is 0 Å². The van der Waals surface area contributed by atoms with Gasteiger partial charge >= 0.3 is 0 Å². The average Bonchev–Trinajstić information content (AvgIpc) is 2.40. The van der Waals surface area contributed by atoms with Crippen LogP contribution in [0, 0.1) is 0 Å². The van der Waals surface area contributed by atoms with Crippen molar-refractivity contribution >= 4 is 21.7 Å². The maximum Gasteiger partial charge on any atom is 0.148 e. The molecule has 1 aromatic rings. The molecule has 0 unspecified atom stereocenters. The lowest BCUT2D eigenvalue weighted by atomic mass is 10.4. The molecule has 0 saturated carbocycles. The van der Waals surface area contributed by atoms with Crippen molar-refractivity contribution < 1.29 is 13.7 Å². The van der Waals surface area contributed by atoms with E-state index in [1.165, 1.54) is 0 Å². The third-order valence-electron chi connectivity index (χ3n) is 1.12. The minimum Gasteiger partial charge on any atom is -0.355 e. The number of anilines is 1. The van der Waals surface area contributed by atoms with Crippen molar-refractivity contribution in [3.63, 3.8) is 0 Å². The van der Waals surface area contributed by atoms with Crippen LogP contribution >= 0.6 is 15.9 Å². The molecule has 0 spiro atoms. The molecular weight excluding hydrogens is 218 g/mol. The first-order valence-electron chi connectivity index (χ1n) is 8.00. The Balaban J connectivity index is 2.77. The Kier molecular flexibility index (Phi) is 0.689. The van der Waals surface area contributed by atoms with E-state index in [9.17, 15) is 0 Å². The fourth-order valence-electron chi connectivity index (χ4n) is 0.669. The molecule has 0 bridgehead atoms. The number of hydrogen-bond acceptors (Lipinski definition) is 3. The Morgan fingerprint density at radius 2 is 2.25 bits per heavy atom. The van der Waals surface area contributed by atoms with Crippen LogP contribution in [0.1, 0.15) is 26.5 Å². The second kappa shape index (κ2) is 3.39. The molecule has 3 nitrogen and oxygen atoms in total. The summed E-state index contributed by atoms with van der Waals surface area (Å²) in [6, 6.07) is 0. The van der Waals surface area contributed by atoms with E-state index in [4.69, 9.17) is 13.7 Å². The standard InChI is InChI=1S/C8H10BrN3/c9-7-5-10-6-8(11-7)12-3-1-2-4-12/h5-6H,1-4H2/i1D2,2D2,3D2,4D2,5D,6D. The number of halogens is 1. The average molecular weight is 238 g/mol. The maximum atomic E-state index is 7.84. The smallest absolute Gasteiger partial charge is 0.148 e. The van der Waals surface area contributed by atoms with Crippen LogP contribution in [0.25, 0.3) is 0 Å². The van der Waals surface area contributed by atoms with Gasteiger partial charge in [-0.05, 0) is 28.7 Å². The van der Waals surface area contributed by atoms with Crippen molar-refractivity contribution in [2.45, 2.75) is 12.7 Å². The van der Waals surface area contributed by atoms with Gasteiger partial charge in [0.2, 0.25) is 0 Å². The van der Waals surface area contributed by atoms with E-state index in [0.29, 0.717) is 0 Å². The highest BCUT2D eigenvalue weighted by atomic mass is 79.9. The summed E-state index contributed by atoms with van der Waals surface area (Å²) in [6.45, 7) is -6.26. The van der Waals surface area contributed by atoms with Crippen LogP contribution < -0.4 is 4.90 Å². The molecule has 64 valence electrons. The zero-order valence-electron chi connectivity index (χ0n) is 15.7. The van der Waals surface area contributed by atoms with Gasteiger partial charge in [0.05, 0.1) is 15.1 Å². The van der Waals surface area contributed by atoms with Gasteiger partial charge in [0.25, 0.3) is 0 Å². The highest BCUT2D eigenvalue weighted by molar-refractivity contribution is 9.10. The summed E-state index contributed by atoms with van der Waals surface area (Å²) >= 11 is 2.86. The summed E-state index contributed by atoms with van der Waals surface area (Å²) < 4.78 is 76.9. The van der Waals surface area contributed by atoms with Crippen LogP contribution in [-0.4, -0.2) is 23.0 Å². The molecule has 0 atom stereocenters. The lowest BCUT2D eigenvalue weighted by Gasteiger charge is -2.15. The molecule has 0 aromatic carbocycles. The summed E-state index contributed by atoms with van der Waals surface area (Å²) in [5.74, 6) is -0.692. The number of rotatable bonds is 1. The topological polar surface area (TPSA) is 29.0 Å². The first-order valence-corrected chi connectivity index (χ1v) is 3.80. The summed E-state index contributed by atoms with van der Waals surface area (Å²) in [5.41, 5.74) is 0. The fourth-order valence-corrected chi connectivity index (χ4v) is 0.925. The van der Waals surface area contributed by atoms with Crippen molar-refractivity contribution in [3.05, 3.63) is 16.9 Å². The molecule has 0 aliphatic carbocycles. The largest absolute Gasteiger partial charge is 0.355 e. The van der Waals surface area contributed by atoms with Crippen molar-refractivity contribution in [1.82, 2.24) is 9.97 Å². The lowest BCUT2D eigenvalue weighted by Crippen LogP contribution is -2.19. The number of hydrogen-bond donors (Lipinski definition) is 0. The second-order valence-corrected chi connectivity index (χ2v) is 2.62.